The van der Waals surface area contributed by atoms with Crippen LogP contribution in [-0.2, 0) is 4.79 Å². The van der Waals surface area contributed by atoms with E-state index < -0.39 is 0 Å². The summed E-state index contributed by atoms with van der Waals surface area (Å²) >= 11 is 0. The average Bonchev–Trinajstić information content (AvgIpc) is 2.92. The van der Waals surface area contributed by atoms with Gasteiger partial charge in [-0.15, -0.1) is 0 Å². The highest BCUT2D eigenvalue weighted by molar-refractivity contribution is 5.98. The highest BCUT2D eigenvalue weighted by atomic mass is 16.2. The molecule has 1 saturated heterocycles. The quantitative estimate of drug-likeness (QED) is 0.781. The fourth-order valence-electron chi connectivity index (χ4n) is 2.65. The van der Waals surface area contributed by atoms with Crippen LogP contribution in [0.1, 0.15) is 49.0 Å². The predicted molar refractivity (Wildman–Crippen MR) is 88.1 cm³/mol. The summed E-state index contributed by atoms with van der Waals surface area (Å²) in [5.41, 5.74) is 2.17. The van der Waals surface area contributed by atoms with E-state index in [1.807, 2.05) is 32.9 Å². The van der Waals surface area contributed by atoms with Crippen molar-refractivity contribution >= 4 is 17.5 Å². The molecule has 5 nitrogen and oxygen atoms in total. The molecular formula is C17H25N3O2. The molecule has 22 heavy (non-hydrogen) atoms. The van der Waals surface area contributed by atoms with Crippen LogP contribution in [-0.4, -0.2) is 30.4 Å². The summed E-state index contributed by atoms with van der Waals surface area (Å²) in [5.74, 6) is -0.125. The van der Waals surface area contributed by atoms with Gasteiger partial charge in [0.15, 0.2) is 0 Å². The first-order valence-corrected chi connectivity index (χ1v) is 7.90. The number of carbonyl (C=O) groups is 2. The fraction of sp³-hybridized carbons (Fsp3) is 0.529. The number of aryl methyl sites for hydroxylation is 1. The lowest BCUT2D eigenvalue weighted by molar-refractivity contribution is -0.116. The lowest BCUT2D eigenvalue weighted by atomic mass is 10.1. The maximum atomic E-state index is 12.2. The van der Waals surface area contributed by atoms with Gasteiger partial charge in [0.2, 0.25) is 5.91 Å². The molecule has 1 aliphatic rings. The van der Waals surface area contributed by atoms with Crippen LogP contribution in [0, 0.1) is 6.92 Å². The maximum Gasteiger partial charge on any atom is 0.251 e. The van der Waals surface area contributed by atoms with Crippen molar-refractivity contribution in [2.24, 2.45) is 0 Å². The van der Waals surface area contributed by atoms with Crippen molar-refractivity contribution in [2.75, 3.05) is 11.9 Å². The number of nitrogens with one attached hydrogen (secondary N) is 3. The number of carbonyl (C=O) groups excluding carboxylic acids is 2. The van der Waals surface area contributed by atoms with Gasteiger partial charge in [-0.25, -0.2) is 0 Å². The molecule has 0 saturated carbocycles. The van der Waals surface area contributed by atoms with Gasteiger partial charge in [-0.05, 0) is 57.9 Å². The third-order valence-electron chi connectivity index (χ3n) is 3.78. The van der Waals surface area contributed by atoms with E-state index in [0.717, 1.165) is 24.9 Å². The SMILES string of the molecule is Cc1ccc(NC(=O)CC2CCCN2)cc1C(=O)NC(C)C. The van der Waals surface area contributed by atoms with Gasteiger partial charge in [0.25, 0.3) is 5.91 Å². The van der Waals surface area contributed by atoms with E-state index in [4.69, 9.17) is 0 Å². The highest BCUT2D eigenvalue weighted by Crippen LogP contribution is 2.17. The summed E-state index contributed by atoms with van der Waals surface area (Å²) in [7, 11) is 0. The Labute approximate surface area is 131 Å². The highest BCUT2D eigenvalue weighted by Gasteiger charge is 2.18. The third kappa shape index (κ3) is 4.56. The van der Waals surface area contributed by atoms with Crippen LogP contribution in [0.3, 0.4) is 0 Å². The number of rotatable bonds is 5. The Balaban J connectivity index is 2.01. The standard InChI is InChI=1S/C17H25N3O2/c1-11(2)19-17(22)15-9-14(7-6-12(15)3)20-16(21)10-13-5-4-8-18-13/h6-7,9,11,13,18H,4-5,8,10H2,1-3H3,(H,19,22)(H,20,21). The molecule has 1 heterocycles. The first kappa shape index (κ1) is 16.5. The maximum absolute atomic E-state index is 12.2. The van der Waals surface area contributed by atoms with Gasteiger partial charge in [0.1, 0.15) is 0 Å². The lowest BCUT2D eigenvalue weighted by Crippen LogP contribution is -2.31. The first-order valence-electron chi connectivity index (χ1n) is 7.90. The molecular weight excluding hydrogens is 278 g/mol. The van der Waals surface area contributed by atoms with Gasteiger partial charge in [0.05, 0.1) is 0 Å². The normalized spacial score (nSPS) is 17.5. The molecule has 120 valence electrons. The van der Waals surface area contributed by atoms with E-state index in [0.29, 0.717) is 17.7 Å². The summed E-state index contributed by atoms with van der Waals surface area (Å²) in [6.07, 6.45) is 2.65. The van der Waals surface area contributed by atoms with E-state index in [1.54, 1.807) is 6.07 Å². The predicted octanol–water partition coefficient (Wildman–Crippen LogP) is 2.21. The Morgan fingerprint density at radius 2 is 2.14 bits per heavy atom. The van der Waals surface area contributed by atoms with Gasteiger partial charge >= 0.3 is 0 Å². The van der Waals surface area contributed by atoms with E-state index >= 15 is 0 Å². The van der Waals surface area contributed by atoms with Gasteiger partial charge < -0.3 is 16.0 Å². The number of amides is 2. The first-order chi connectivity index (χ1) is 10.5. The van der Waals surface area contributed by atoms with E-state index in [-0.39, 0.29) is 23.9 Å². The Morgan fingerprint density at radius 1 is 1.36 bits per heavy atom. The van der Waals surface area contributed by atoms with Crippen molar-refractivity contribution in [3.8, 4) is 0 Å². The van der Waals surface area contributed by atoms with Crippen molar-refractivity contribution in [3.63, 3.8) is 0 Å². The second-order valence-corrected chi connectivity index (χ2v) is 6.20. The zero-order valence-electron chi connectivity index (χ0n) is 13.5. The summed E-state index contributed by atoms with van der Waals surface area (Å²) < 4.78 is 0. The summed E-state index contributed by atoms with van der Waals surface area (Å²) in [6, 6.07) is 5.79. The largest absolute Gasteiger partial charge is 0.350 e. The Hall–Kier alpha value is -1.88. The fourth-order valence-corrected chi connectivity index (χ4v) is 2.65. The van der Waals surface area contributed by atoms with Gasteiger partial charge in [-0.3, -0.25) is 9.59 Å². The molecule has 3 N–H and O–H groups in total. The molecule has 1 atom stereocenters. The number of hydrogen-bond donors (Lipinski definition) is 3. The van der Waals surface area contributed by atoms with Gasteiger partial charge in [-0.2, -0.15) is 0 Å². The summed E-state index contributed by atoms with van der Waals surface area (Å²) in [5, 5.41) is 9.07. The zero-order valence-corrected chi connectivity index (χ0v) is 13.5. The van der Waals surface area contributed by atoms with Crippen LogP contribution < -0.4 is 16.0 Å². The molecule has 2 amide bonds. The van der Waals surface area contributed by atoms with Crippen LogP contribution in [0.15, 0.2) is 18.2 Å². The van der Waals surface area contributed by atoms with Crippen molar-refractivity contribution < 1.29 is 9.59 Å². The van der Waals surface area contributed by atoms with Crippen molar-refractivity contribution in [2.45, 2.75) is 52.1 Å². The van der Waals surface area contributed by atoms with Crippen LogP contribution in [0.4, 0.5) is 5.69 Å². The zero-order chi connectivity index (χ0) is 16.1. The molecule has 1 aromatic rings. The third-order valence-corrected chi connectivity index (χ3v) is 3.78. The second kappa shape index (κ2) is 7.40. The van der Waals surface area contributed by atoms with E-state index in [2.05, 4.69) is 16.0 Å². The van der Waals surface area contributed by atoms with E-state index in [1.165, 1.54) is 0 Å². The van der Waals surface area contributed by atoms with Crippen molar-refractivity contribution in [1.29, 1.82) is 0 Å². The van der Waals surface area contributed by atoms with Gasteiger partial charge in [-0.1, -0.05) is 6.07 Å². The molecule has 1 unspecified atom stereocenters. The Bertz CT molecular complexity index is 549. The summed E-state index contributed by atoms with van der Waals surface area (Å²) in [6.45, 7) is 6.73. The lowest BCUT2D eigenvalue weighted by Gasteiger charge is -2.14. The molecule has 0 aliphatic carbocycles. The van der Waals surface area contributed by atoms with Crippen molar-refractivity contribution in [1.82, 2.24) is 10.6 Å². The average molecular weight is 303 g/mol. The number of anilines is 1. The van der Waals surface area contributed by atoms with Crippen molar-refractivity contribution in [3.05, 3.63) is 29.3 Å². The molecule has 1 aliphatic heterocycles. The van der Waals surface area contributed by atoms with Crippen LogP contribution in [0.5, 0.6) is 0 Å². The second-order valence-electron chi connectivity index (χ2n) is 6.20. The number of hydrogen-bond acceptors (Lipinski definition) is 3. The van der Waals surface area contributed by atoms with Crippen LogP contribution in [0.25, 0.3) is 0 Å². The molecule has 1 aromatic carbocycles. The number of benzene rings is 1. The molecule has 5 heteroatoms. The van der Waals surface area contributed by atoms with Crippen LogP contribution in [0.2, 0.25) is 0 Å². The molecule has 0 bridgehead atoms. The van der Waals surface area contributed by atoms with E-state index in [9.17, 15) is 9.59 Å². The van der Waals surface area contributed by atoms with Crippen LogP contribution >= 0.6 is 0 Å². The molecule has 2 rings (SSSR count). The molecule has 0 aromatic heterocycles. The Kier molecular flexibility index (Phi) is 5.55. The topological polar surface area (TPSA) is 70.2 Å². The van der Waals surface area contributed by atoms with Gasteiger partial charge in [0, 0.05) is 29.8 Å². The monoisotopic (exact) mass is 303 g/mol. The smallest absolute Gasteiger partial charge is 0.251 e. The molecule has 0 spiro atoms. The minimum Gasteiger partial charge on any atom is -0.350 e. The molecule has 1 fully saturated rings. The Morgan fingerprint density at radius 3 is 2.77 bits per heavy atom. The minimum atomic E-state index is -0.110. The minimum absolute atomic E-state index is 0.0153. The summed E-state index contributed by atoms with van der Waals surface area (Å²) in [4.78, 5) is 24.2. The molecule has 0 radical (unpaired) electrons.